The zero-order valence-electron chi connectivity index (χ0n) is 54.5. The fourth-order valence-electron chi connectivity index (χ4n) is 13.4. The Hall–Kier alpha value is -6.37. The molecule has 16 nitrogen and oxygen atoms in total. The lowest BCUT2D eigenvalue weighted by atomic mass is 9.87. The van der Waals surface area contributed by atoms with Gasteiger partial charge in [0.1, 0.15) is 35.2 Å². The van der Waals surface area contributed by atoms with Crippen LogP contribution in [0, 0.1) is 36.3 Å². The van der Waals surface area contributed by atoms with Gasteiger partial charge >= 0.3 is 12.0 Å². The van der Waals surface area contributed by atoms with Crippen LogP contribution in [0.5, 0.6) is 11.8 Å². The number of aryl methyl sites for hydroxylation is 2. The third-order valence-corrected chi connectivity index (χ3v) is 18.8. The van der Waals surface area contributed by atoms with Crippen LogP contribution in [0.2, 0.25) is 0 Å². The third kappa shape index (κ3) is 18.2. The van der Waals surface area contributed by atoms with E-state index in [1.807, 2.05) is 30.7 Å². The Kier molecular flexibility index (Phi) is 25.4. The molecule has 5 aliphatic heterocycles. The minimum Gasteiger partial charge on any atom is -0.508 e. The van der Waals surface area contributed by atoms with Crippen LogP contribution in [0.1, 0.15) is 187 Å². The number of imide groups is 1. The molecule has 5 fully saturated rings. The number of nitrogens with one attached hydrogen (secondary N) is 1. The van der Waals surface area contributed by atoms with Crippen molar-refractivity contribution in [1.82, 2.24) is 30.1 Å². The van der Waals surface area contributed by atoms with E-state index in [-0.39, 0.29) is 58.1 Å². The summed E-state index contributed by atoms with van der Waals surface area (Å²) in [4.78, 5) is 66.3. The maximum absolute atomic E-state index is 16.1. The fraction of sp³-hybridized carbons (Fsp3) is 0.614. The van der Waals surface area contributed by atoms with Gasteiger partial charge in [-0.3, -0.25) is 34.4 Å². The van der Waals surface area contributed by atoms with Gasteiger partial charge in [0.25, 0.3) is 0 Å². The number of aliphatic hydroxyl groups is 1. The molecule has 10 rings (SSSR count). The summed E-state index contributed by atoms with van der Waals surface area (Å²) in [5.41, 5.74) is 3.41. The van der Waals surface area contributed by atoms with E-state index in [2.05, 4.69) is 82.9 Å². The van der Waals surface area contributed by atoms with E-state index in [4.69, 9.17) is 9.47 Å². The fourth-order valence-corrected chi connectivity index (χ4v) is 13.4. The smallest absolute Gasteiger partial charge is 0.318 e. The van der Waals surface area contributed by atoms with E-state index in [1.54, 1.807) is 13.0 Å². The average Bonchev–Trinajstić information content (AvgIpc) is 1.39. The van der Waals surface area contributed by atoms with Crippen LogP contribution in [-0.4, -0.2) is 136 Å². The summed E-state index contributed by atoms with van der Waals surface area (Å²) in [6.45, 7) is 24.6. The molecular formula is C70H100F2N8O8. The summed E-state index contributed by atoms with van der Waals surface area (Å²) < 4.78 is 41.1. The number of phenolic OH excluding ortho intramolecular Hbond substituents is 1. The van der Waals surface area contributed by atoms with Crippen LogP contribution in [0.15, 0.2) is 48.7 Å². The number of piperidine rings is 3. The van der Waals surface area contributed by atoms with Crippen molar-refractivity contribution in [2.75, 3.05) is 69.8 Å². The van der Waals surface area contributed by atoms with Gasteiger partial charge in [-0.2, -0.15) is 9.97 Å². The minimum absolute atomic E-state index is 0.00647. The summed E-state index contributed by atoms with van der Waals surface area (Å²) in [6.07, 6.45) is 20.4. The van der Waals surface area contributed by atoms with Gasteiger partial charge in [-0.1, -0.05) is 79.0 Å². The van der Waals surface area contributed by atoms with Crippen LogP contribution in [-0.2, 0) is 30.3 Å². The first-order valence-corrected chi connectivity index (χ1v) is 32.7. The molecule has 482 valence electrons. The number of fused-ring (bicyclic) bond motifs is 3. The first-order valence-electron chi connectivity index (χ1n) is 32.7. The Balaban J connectivity index is 0.000000188. The molecule has 5 saturated heterocycles. The van der Waals surface area contributed by atoms with E-state index in [9.17, 15) is 33.8 Å². The number of likely N-dealkylation sites (tertiary alicyclic amines) is 1. The highest BCUT2D eigenvalue weighted by atomic mass is 19.1. The molecule has 18 heteroatoms. The van der Waals surface area contributed by atoms with Crippen molar-refractivity contribution in [2.45, 2.75) is 201 Å². The molecule has 2 aromatic heterocycles. The van der Waals surface area contributed by atoms with Crippen molar-refractivity contribution in [1.29, 1.82) is 0 Å². The highest BCUT2D eigenvalue weighted by molar-refractivity contribution is 6.02. The number of aromatic nitrogens is 3. The number of nitrogens with zero attached hydrogens (tertiary/aromatic N) is 7. The lowest BCUT2D eigenvalue weighted by Crippen LogP contribution is -2.46. The van der Waals surface area contributed by atoms with Crippen LogP contribution < -0.4 is 19.9 Å². The van der Waals surface area contributed by atoms with Gasteiger partial charge in [-0.25, -0.2) is 8.78 Å². The number of pyridine rings is 1. The zero-order valence-corrected chi connectivity index (χ0v) is 54.5. The molecule has 7 heterocycles. The van der Waals surface area contributed by atoms with E-state index in [0.29, 0.717) is 91.3 Å². The standard InChI is InChI=1S/C28H48N2O.C26H26F2N4O3.C10H17NO2.C6H9NO2/c1-7-10-24(14-12-22(4)9-3)21-30-18-16-25(17-19-30)26-15-13-23(5)27(20-26)29(6)28(31)11-8-2;1-4-16-19(27)7-6-14-10-15(33)11-17(20(14)16)22-21(28)23-18(12-29-22)24(31-25(30-23)35-3)32-9-5-8-26(2,34)13-32;1-8(12)13-7-10-5-4-9-3-2-6-11(9)10;1-4-2-3-5(8)7-6(4)9/h13,15,20,22,24-25H,7-12,14,16-19,21H2,1-6H3;6-7,10-12,33-34H,4-5,8-9,13H2,1-3H3;9-10H,2-7H2,1H3;4H,2-3H2,1H3,(H,7,8,9)/t;26-;9?,10-;/m.11./s1. The number of β-amino-alcohol motifs (C(OH)–C–C–N with tert-alkyl or cyclic N) is 1. The lowest BCUT2D eigenvalue weighted by Gasteiger charge is -2.37. The quantitative estimate of drug-likeness (QED) is 0.0555. The van der Waals surface area contributed by atoms with Crippen molar-refractivity contribution in [3.05, 3.63) is 77.0 Å². The Morgan fingerprint density at radius 2 is 1.68 bits per heavy atom. The van der Waals surface area contributed by atoms with Crippen molar-refractivity contribution >= 4 is 56.9 Å². The summed E-state index contributed by atoms with van der Waals surface area (Å²) >= 11 is 0. The average molecular weight is 1220 g/mol. The molecule has 3 aromatic carbocycles. The Morgan fingerprint density at radius 1 is 0.920 bits per heavy atom. The van der Waals surface area contributed by atoms with Gasteiger partial charge in [0.05, 0.1) is 18.1 Å². The van der Waals surface area contributed by atoms with Crippen LogP contribution >= 0.6 is 0 Å². The maximum atomic E-state index is 16.1. The van der Waals surface area contributed by atoms with E-state index in [0.717, 1.165) is 36.4 Å². The molecule has 5 aromatic rings. The molecular weight excluding hydrogens is 1120 g/mol. The largest absolute Gasteiger partial charge is 0.508 e. The normalized spacial score (nSPS) is 21.2. The molecule has 4 unspecified atom stereocenters. The summed E-state index contributed by atoms with van der Waals surface area (Å²) in [7, 11) is 3.33. The number of benzene rings is 3. The zero-order chi connectivity index (χ0) is 63.8. The van der Waals surface area contributed by atoms with Gasteiger partial charge in [-0.15, -0.1) is 0 Å². The van der Waals surface area contributed by atoms with Crippen LogP contribution in [0.4, 0.5) is 20.3 Å². The van der Waals surface area contributed by atoms with Crippen molar-refractivity contribution in [3.8, 4) is 23.0 Å². The van der Waals surface area contributed by atoms with Crippen LogP contribution in [0.3, 0.4) is 0 Å². The number of amides is 3. The first kappa shape index (κ1) is 69.1. The number of esters is 1. The Morgan fingerprint density at radius 3 is 2.34 bits per heavy atom. The topological polar surface area (TPSA) is 191 Å². The second-order valence-electron chi connectivity index (χ2n) is 25.7. The van der Waals surface area contributed by atoms with E-state index < -0.39 is 17.2 Å². The highest BCUT2D eigenvalue weighted by Crippen LogP contribution is 2.41. The number of carbonyl (C=O) groups is 4. The van der Waals surface area contributed by atoms with E-state index >= 15 is 4.39 Å². The summed E-state index contributed by atoms with van der Waals surface area (Å²) in [6, 6.07) is 13.9. The number of hydrogen-bond acceptors (Lipinski definition) is 14. The molecule has 0 bridgehead atoms. The second kappa shape index (κ2) is 32.4. The second-order valence-corrected chi connectivity index (χ2v) is 25.7. The van der Waals surface area contributed by atoms with Gasteiger partial charge in [-0.05, 0) is 186 Å². The van der Waals surface area contributed by atoms with Gasteiger partial charge in [0, 0.05) is 81.9 Å². The molecule has 5 aliphatic rings. The number of carbonyl (C=O) groups excluding carboxylic acids is 4. The molecule has 6 atom stereocenters. The number of aromatic hydroxyl groups is 1. The van der Waals surface area contributed by atoms with Crippen molar-refractivity contribution in [3.63, 3.8) is 0 Å². The van der Waals surface area contributed by atoms with Gasteiger partial charge < -0.3 is 34.4 Å². The Labute approximate surface area is 521 Å². The number of methoxy groups -OCH3 is 1. The minimum atomic E-state index is -0.907. The first-order chi connectivity index (χ1) is 42.1. The summed E-state index contributed by atoms with van der Waals surface area (Å²) in [5, 5.41) is 24.6. The maximum Gasteiger partial charge on any atom is 0.318 e. The molecule has 0 aliphatic carbocycles. The Bertz CT molecular complexity index is 3170. The SMILES string of the molecule is CC(=O)OC[C@H]1CCC2CCCN21.CC1CCC(=O)NC1=O.CCCC(=O)N(C)c1cc(C2CCN(CC(CCC)CCC(C)CC)CC2)ccc1C.CCc1c(F)ccc2cc(O)cc(-c3ncc4c(N5CCC[C@@](C)(O)C5)nc(OC)nc4c3F)c12. The van der Waals surface area contributed by atoms with Crippen molar-refractivity contribution in [2.24, 2.45) is 17.8 Å². The molecule has 0 spiro atoms. The number of phenols is 1. The monoisotopic (exact) mass is 1220 g/mol. The highest BCUT2D eigenvalue weighted by Gasteiger charge is 2.37. The summed E-state index contributed by atoms with van der Waals surface area (Å²) in [5.74, 6) is 1.36. The number of halogens is 2. The third-order valence-electron chi connectivity index (χ3n) is 18.8. The van der Waals surface area contributed by atoms with E-state index in [1.165, 1.54) is 146 Å². The van der Waals surface area contributed by atoms with Crippen LogP contribution in [0.25, 0.3) is 32.9 Å². The number of anilines is 2. The number of rotatable bonds is 18. The van der Waals surface area contributed by atoms with Crippen molar-refractivity contribution < 1.29 is 47.6 Å². The molecule has 88 heavy (non-hydrogen) atoms. The lowest BCUT2D eigenvalue weighted by molar-refractivity contribution is -0.142. The predicted molar refractivity (Wildman–Crippen MR) is 346 cm³/mol. The molecule has 3 N–H and O–H groups in total. The molecule has 3 amide bonds. The van der Waals surface area contributed by atoms with Gasteiger partial charge in [0.15, 0.2) is 5.82 Å². The number of hydrogen-bond donors (Lipinski definition) is 3. The molecule has 0 saturated carbocycles. The molecule has 0 radical (unpaired) electrons. The van der Waals surface area contributed by atoms with Gasteiger partial charge in [0.2, 0.25) is 17.7 Å². The number of ether oxygens (including phenoxy) is 2. The predicted octanol–water partition coefficient (Wildman–Crippen LogP) is 13.2.